The molecule has 1 aromatic rings. The Morgan fingerprint density at radius 1 is 1.27 bits per heavy atom. The van der Waals surface area contributed by atoms with E-state index in [1.807, 2.05) is 51.1 Å². The van der Waals surface area contributed by atoms with Crippen LogP contribution in [0, 0.1) is 5.92 Å². The molecule has 6 heteroatoms. The van der Waals surface area contributed by atoms with Crippen molar-refractivity contribution in [3.63, 3.8) is 0 Å². The number of hydrogen-bond donors (Lipinski definition) is 1. The van der Waals surface area contributed by atoms with Gasteiger partial charge in [0.2, 0.25) is 0 Å². The first-order chi connectivity index (χ1) is 12.2. The highest BCUT2D eigenvalue weighted by Gasteiger charge is 2.61. The van der Waals surface area contributed by atoms with Crippen molar-refractivity contribution in [3.05, 3.63) is 35.9 Å². The average molecular weight is 361 g/mol. The lowest BCUT2D eigenvalue weighted by atomic mass is 9.81. The maximum atomic E-state index is 12.8. The monoisotopic (exact) mass is 361 g/mol. The number of ether oxygens (including phenoxy) is 2. The van der Waals surface area contributed by atoms with Crippen LogP contribution in [0.15, 0.2) is 30.3 Å². The molecule has 0 unspecified atom stereocenters. The van der Waals surface area contributed by atoms with Crippen LogP contribution < -0.4 is 0 Å². The zero-order chi connectivity index (χ0) is 18.9. The number of rotatable bonds is 5. The van der Waals surface area contributed by atoms with Crippen LogP contribution in [-0.2, 0) is 20.9 Å². The van der Waals surface area contributed by atoms with Gasteiger partial charge in [0.25, 0.3) is 0 Å². The van der Waals surface area contributed by atoms with Crippen LogP contribution in [0.25, 0.3) is 0 Å². The largest absolute Gasteiger partial charge is 0.481 e. The molecule has 2 fully saturated rings. The minimum Gasteiger partial charge on any atom is -0.481 e. The van der Waals surface area contributed by atoms with Crippen molar-refractivity contribution in [2.24, 2.45) is 5.92 Å². The second-order valence-corrected chi connectivity index (χ2v) is 8.31. The Kier molecular flexibility index (Phi) is 4.97. The van der Waals surface area contributed by atoms with Gasteiger partial charge < -0.3 is 14.6 Å². The Morgan fingerprint density at radius 3 is 2.58 bits per heavy atom. The Hall–Kier alpha value is -2.08. The summed E-state index contributed by atoms with van der Waals surface area (Å²) in [5.41, 5.74) is -0.163. The Bertz CT molecular complexity index is 669. The van der Waals surface area contributed by atoms with Gasteiger partial charge in [0.05, 0.1) is 24.7 Å². The summed E-state index contributed by atoms with van der Waals surface area (Å²) in [7, 11) is 0. The lowest BCUT2D eigenvalue weighted by molar-refractivity contribution is -0.142. The number of amides is 1. The van der Waals surface area contributed by atoms with E-state index in [0.717, 1.165) is 12.0 Å². The van der Waals surface area contributed by atoms with Gasteiger partial charge in [-0.3, -0.25) is 9.69 Å². The molecule has 2 aliphatic heterocycles. The number of benzene rings is 1. The quantitative estimate of drug-likeness (QED) is 0.869. The van der Waals surface area contributed by atoms with Crippen molar-refractivity contribution >= 4 is 12.1 Å². The summed E-state index contributed by atoms with van der Waals surface area (Å²) >= 11 is 0. The topological polar surface area (TPSA) is 76.1 Å². The van der Waals surface area contributed by atoms with Crippen LogP contribution >= 0.6 is 0 Å². The predicted molar refractivity (Wildman–Crippen MR) is 95.7 cm³/mol. The highest BCUT2D eigenvalue weighted by Crippen LogP contribution is 2.50. The summed E-state index contributed by atoms with van der Waals surface area (Å²) in [5.74, 6) is -1.41. The molecule has 3 rings (SSSR count). The lowest BCUT2D eigenvalue weighted by Gasteiger charge is -2.35. The molecule has 0 saturated carbocycles. The molecule has 0 aromatic heterocycles. The molecule has 26 heavy (non-hydrogen) atoms. The molecule has 1 amide bonds. The van der Waals surface area contributed by atoms with Gasteiger partial charge in [0, 0.05) is 6.04 Å². The first-order valence-corrected chi connectivity index (χ1v) is 9.09. The van der Waals surface area contributed by atoms with Crippen LogP contribution in [-0.4, -0.2) is 45.9 Å². The van der Waals surface area contributed by atoms with Crippen molar-refractivity contribution in [1.29, 1.82) is 0 Å². The van der Waals surface area contributed by atoms with Crippen molar-refractivity contribution in [3.8, 4) is 0 Å². The molecule has 0 aliphatic carbocycles. The summed E-state index contributed by atoms with van der Waals surface area (Å²) in [5, 5.41) is 9.57. The van der Waals surface area contributed by atoms with E-state index >= 15 is 0 Å². The van der Waals surface area contributed by atoms with Crippen molar-refractivity contribution in [2.45, 2.75) is 63.8 Å². The van der Waals surface area contributed by atoms with Gasteiger partial charge in [0.1, 0.15) is 5.60 Å². The second-order valence-electron chi connectivity index (χ2n) is 8.31. The normalized spacial score (nSPS) is 27.6. The fraction of sp³-hybridized carbons (Fsp3) is 0.600. The summed E-state index contributed by atoms with van der Waals surface area (Å²) in [6, 6.07) is 9.49. The number of nitrogens with zero attached hydrogens (tertiary/aromatic N) is 1. The number of carboxylic acids is 1. The molecule has 142 valence electrons. The van der Waals surface area contributed by atoms with Crippen LogP contribution in [0.3, 0.4) is 0 Å². The molecule has 0 spiro atoms. The predicted octanol–water partition coefficient (Wildman–Crippen LogP) is 3.45. The van der Waals surface area contributed by atoms with Gasteiger partial charge >= 0.3 is 12.1 Å². The minimum absolute atomic E-state index is 0.317. The van der Waals surface area contributed by atoms with Crippen molar-refractivity contribution < 1.29 is 24.2 Å². The van der Waals surface area contributed by atoms with Gasteiger partial charge in [-0.05, 0) is 45.6 Å². The molecule has 2 heterocycles. The number of carbonyl (C=O) groups is 2. The average Bonchev–Trinajstić information content (AvgIpc) is 3.07. The first kappa shape index (κ1) is 18.7. The SMILES string of the molecule is CC(C)(C)OC(=O)N1[C@H]2CC[C@]1(COCc1ccccc1)C[C@H]2C(=O)O. The molecule has 3 atom stereocenters. The minimum atomic E-state index is -0.854. The fourth-order valence-electron chi connectivity index (χ4n) is 4.17. The third-order valence-electron chi connectivity index (χ3n) is 5.20. The van der Waals surface area contributed by atoms with E-state index in [4.69, 9.17) is 9.47 Å². The Morgan fingerprint density at radius 2 is 1.96 bits per heavy atom. The Balaban J connectivity index is 1.75. The number of aliphatic carboxylic acids is 1. The van der Waals surface area contributed by atoms with Crippen LogP contribution in [0.1, 0.15) is 45.6 Å². The number of hydrogen-bond acceptors (Lipinski definition) is 4. The number of carbonyl (C=O) groups excluding carboxylic acids is 1. The molecule has 6 nitrogen and oxygen atoms in total. The highest BCUT2D eigenvalue weighted by atomic mass is 16.6. The maximum Gasteiger partial charge on any atom is 0.411 e. The first-order valence-electron chi connectivity index (χ1n) is 9.09. The van der Waals surface area contributed by atoms with E-state index in [9.17, 15) is 14.7 Å². The third kappa shape index (κ3) is 3.70. The van der Waals surface area contributed by atoms with Gasteiger partial charge in [-0.25, -0.2) is 4.79 Å². The highest BCUT2D eigenvalue weighted by molar-refractivity contribution is 5.77. The molecule has 2 saturated heterocycles. The molecule has 0 radical (unpaired) electrons. The van der Waals surface area contributed by atoms with E-state index < -0.39 is 29.1 Å². The molecule has 2 aliphatic rings. The summed E-state index contributed by atoms with van der Waals surface area (Å²) < 4.78 is 11.5. The van der Waals surface area contributed by atoms with Crippen LogP contribution in [0.2, 0.25) is 0 Å². The van der Waals surface area contributed by atoms with Crippen molar-refractivity contribution in [1.82, 2.24) is 4.90 Å². The Labute approximate surface area is 154 Å². The molecule has 2 bridgehead atoms. The summed E-state index contributed by atoms with van der Waals surface area (Å²) in [6.07, 6.45) is 1.40. The number of carboxylic acid groups (broad SMARTS) is 1. The van der Waals surface area contributed by atoms with E-state index in [2.05, 4.69) is 0 Å². The van der Waals surface area contributed by atoms with E-state index in [1.165, 1.54) is 0 Å². The maximum absolute atomic E-state index is 12.8. The molecule has 1 N–H and O–H groups in total. The van der Waals surface area contributed by atoms with Gasteiger partial charge in [-0.2, -0.15) is 0 Å². The van der Waals surface area contributed by atoms with Crippen LogP contribution in [0.5, 0.6) is 0 Å². The summed E-state index contributed by atoms with van der Waals surface area (Å²) in [6.45, 7) is 6.21. The second kappa shape index (κ2) is 6.91. The molecular weight excluding hydrogens is 334 g/mol. The van der Waals surface area contributed by atoms with E-state index in [0.29, 0.717) is 26.1 Å². The zero-order valence-electron chi connectivity index (χ0n) is 15.6. The fourth-order valence-corrected chi connectivity index (χ4v) is 4.17. The lowest BCUT2D eigenvalue weighted by Crippen LogP contribution is -2.50. The van der Waals surface area contributed by atoms with Crippen LogP contribution in [0.4, 0.5) is 4.79 Å². The van der Waals surface area contributed by atoms with Gasteiger partial charge in [-0.15, -0.1) is 0 Å². The number of fused-ring (bicyclic) bond motifs is 2. The summed E-state index contributed by atoms with van der Waals surface area (Å²) in [4.78, 5) is 26.1. The third-order valence-corrected chi connectivity index (χ3v) is 5.20. The molecular formula is C20H27NO5. The van der Waals surface area contributed by atoms with Crippen molar-refractivity contribution in [2.75, 3.05) is 6.61 Å². The van der Waals surface area contributed by atoms with Gasteiger partial charge in [-0.1, -0.05) is 30.3 Å². The van der Waals surface area contributed by atoms with Gasteiger partial charge in [0.15, 0.2) is 0 Å². The van der Waals surface area contributed by atoms with E-state index in [1.54, 1.807) is 4.90 Å². The van der Waals surface area contributed by atoms with E-state index in [-0.39, 0.29) is 6.04 Å². The standard InChI is InChI=1S/C20H27NO5/c1-19(2,3)26-18(24)21-16-9-10-20(21,11-15(16)17(22)23)13-25-12-14-7-5-4-6-8-14/h4-8,15-16H,9-13H2,1-3H3,(H,22,23)/t15-,16+,20-/m1/s1. The molecule has 1 aromatic carbocycles. The smallest absolute Gasteiger partial charge is 0.411 e. The zero-order valence-corrected chi connectivity index (χ0v) is 15.6.